The molecule has 6 heteroatoms. The van der Waals surface area contributed by atoms with E-state index in [0.717, 1.165) is 0 Å². The number of carbonyl (C=O) groups excluding carboxylic acids is 1. The molecule has 0 atom stereocenters. The Morgan fingerprint density at radius 1 is 1.19 bits per heavy atom. The molecular formula is C21H20N2O3Si. The van der Waals surface area contributed by atoms with Gasteiger partial charge in [-0.05, 0) is 23.8 Å². The van der Waals surface area contributed by atoms with Crippen LogP contribution in [0.4, 0.5) is 11.4 Å². The fourth-order valence-corrected chi connectivity index (χ4v) is 2.83. The average Bonchev–Trinajstić information content (AvgIpc) is 2.59. The monoisotopic (exact) mass is 376 g/mol. The molecule has 0 spiro atoms. The van der Waals surface area contributed by atoms with Crippen molar-refractivity contribution in [1.82, 2.24) is 0 Å². The summed E-state index contributed by atoms with van der Waals surface area (Å²) in [5.41, 5.74) is 4.80. The van der Waals surface area contributed by atoms with Gasteiger partial charge in [0.1, 0.15) is 13.6 Å². The van der Waals surface area contributed by atoms with Crippen molar-refractivity contribution in [3.8, 4) is 23.8 Å². The number of rotatable bonds is 4. The topological polar surface area (TPSA) is 72.2 Å². The lowest BCUT2D eigenvalue weighted by Crippen LogP contribution is -2.17. The highest BCUT2D eigenvalue weighted by atomic mass is 28.3. The Kier molecular flexibility index (Phi) is 6.18. The molecular weight excluding hydrogens is 356 g/mol. The summed E-state index contributed by atoms with van der Waals surface area (Å²) in [7, 11) is -1.72. The van der Waals surface area contributed by atoms with Crippen LogP contribution in [0.25, 0.3) is 0 Å². The van der Waals surface area contributed by atoms with Crippen LogP contribution in [0.15, 0.2) is 42.5 Å². The first-order chi connectivity index (χ1) is 12.7. The van der Waals surface area contributed by atoms with Gasteiger partial charge >= 0.3 is 0 Å². The lowest BCUT2D eigenvalue weighted by atomic mass is 9.99. The van der Waals surface area contributed by atoms with Crippen LogP contribution in [-0.4, -0.2) is 18.9 Å². The zero-order chi connectivity index (χ0) is 20.0. The molecule has 2 aromatic carbocycles. The van der Waals surface area contributed by atoms with Gasteiger partial charge in [-0.15, -0.1) is 12.0 Å². The van der Waals surface area contributed by atoms with Crippen molar-refractivity contribution in [2.45, 2.75) is 26.1 Å². The quantitative estimate of drug-likeness (QED) is 0.380. The molecule has 2 rings (SSSR count). The minimum absolute atomic E-state index is 0.00798. The minimum Gasteiger partial charge on any atom is -0.326 e. The second-order valence-electron chi connectivity index (χ2n) is 7.02. The summed E-state index contributed by atoms with van der Waals surface area (Å²) in [6.07, 6.45) is 5.52. The van der Waals surface area contributed by atoms with E-state index in [0.29, 0.717) is 16.8 Å². The first kappa shape index (κ1) is 20.0. The van der Waals surface area contributed by atoms with Gasteiger partial charge in [0.15, 0.2) is 0 Å². The Morgan fingerprint density at radius 2 is 1.85 bits per heavy atom. The van der Waals surface area contributed by atoms with E-state index in [2.05, 4.69) is 42.3 Å². The maximum absolute atomic E-state index is 12.4. The fraction of sp³-hybridized carbons (Fsp3) is 0.190. The SMILES string of the molecule is C#Cc1cc([N+](=O)[O-])c(C#C[Si](C)(C)C)cc1CC(=O)Nc1ccccc1. The van der Waals surface area contributed by atoms with Gasteiger partial charge in [0.05, 0.1) is 11.3 Å². The van der Waals surface area contributed by atoms with E-state index in [1.165, 1.54) is 6.07 Å². The molecule has 0 aliphatic heterocycles. The second-order valence-corrected chi connectivity index (χ2v) is 11.8. The standard InChI is InChI=1S/C21H20N2O3Si/c1-5-16-14-20(23(25)26)17(11-12-27(2,3)4)13-18(16)15-21(24)22-19-9-7-6-8-10-19/h1,6-10,13-14H,15H2,2-4H3,(H,22,24). The number of amides is 1. The maximum Gasteiger partial charge on any atom is 0.286 e. The first-order valence-electron chi connectivity index (χ1n) is 8.35. The third-order valence-electron chi connectivity index (χ3n) is 3.55. The second kappa shape index (κ2) is 8.35. The minimum atomic E-state index is -1.72. The van der Waals surface area contributed by atoms with Crippen LogP contribution >= 0.6 is 0 Å². The number of hydrogen-bond donors (Lipinski definition) is 1. The molecule has 0 aliphatic carbocycles. The van der Waals surface area contributed by atoms with Gasteiger partial charge in [-0.1, -0.05) is 49.7 Å². The lowest BCUT2D eigenvalue weighted by Gasteiger charge is -2.09. The molecule has 0 heterocycles. The number of terminal acetylenes is 1. The highest BCUT2D eigenvalue weighted by Gasteiger charge is 2.19. The number of nitrogens with zero attached hydrogens (tertiary/aromatic N) is 1. The van der Waals surface area contributed by atoms with Crippen molar-refractivity contribution in [3.63, 3.8) is 0 Å². The summed E-state index contributed by atoms with van der Waals surface area (Å²) >= 11 is 0. The van der Waals surface area contributed by atoms with Gasteiger partial charge in [0, 0.05) is 17.3 Å². The van der Waals surface area contributed by atoms with Gasteiger partial charge in [0.25, 0.3) is 5.69 Å². The number of para-hydroxylation sites is 1. The molecule has 27 heavy (non-hydrogen) atoms. The Hall–Kier alpha value is -3.35. The van der Waals surface area contributed by atoms with Crippen molar-refractivity contribution in [2.75, 3.05) is 5.32 Å². The molecule has 1 amide bonds. The Morgan fingerprint density at radius 3 is 2.41 bits per heavy atom. The van der Waals surface area contributed by atoms with E-state index >= 15 is 0 Å². The largest absolute Gasteiger partial charge is 0.326 e. The molecule has 0 saturated carbocycles. The Labute approximate surface area is 160 Å². The number of hydrogen-bond acceptors (Lipinski definition) is 3. The number of carbonyl (C=O) groups is 1. The smallest absolute Gasteiger partial charge is 0.286 e. The summed E-state index contributed by atoms with van der Waals surface area (Å²) in [5, 5.41) is 14.2. The predicted molar refractivity (Wildman–Crippen MR) is 110 cm³/mol. The highest BCUT2D eigenvalue weighted by Crippen LogP contribution is 2.24. The number of nitro groups is 1. The molecule has 136 valence electrons. The molecule has 2 aromatic rings. The van der Waals surface area contributed by atoms with Crippen LogP contribution in [0.2, 0.25) is 19.6 Å². The van der Waals surface area contributed by atoms with Crippen LogP contribution in [0.1, 0.15) is 16.7 Å². The van der Waals surface area contributed by atoms with Crippen LogP contribution in [0.3, 0.4) is 0 Å². The molecule has 1 N–H and O–H groups in total. The third kappa shape index (κ3) is 5.84. The van der Waals surface area contributed by atoms with Gasteiger partial charge in [0.2, 0.25) is 5.91 Å². The Bertz CT molecular complexity index is 975. The van der Waals surface area contributed by atoms with E-state index in [1.54, 1.807) is 18.2 Å². The van der Waals surface area contributed by atoms with Crippen LogP contribution in [0, 0.1) is 33.9 Å². The molecule has 0 aromatic heterocycles. The predicted octanol–water partition coefficient (Wildman–Crippen LogP) is 3.99. The van der Waals surface area contributed by atoms with E-state index in [9.17, 15) is 14.9 Å². The van der Waals surface area contributed by atoms with E-state index in [4.69, 9.17) is 6.42 Å². The molecule has 5 nitrogen and oxygen atoms in total. The summed E-state index contributed by atoms with van der Waals surface area (Å²) in [5.74, 6) is 5.10. The fourth-order valence-electron chi connectivity index (χ4n) is 2.32. The highest BCUT2D eigenvalue weighted by molar-refractivity contribution is 6.83. The molecule has 0 saturated heterocycles. The average molecular weight is 376 g/mol. The molecule has 0 unspecified atom stereocenters. The third-order valence-corrected chi connectivity index (χ3v) is 4.43. The van der Waals surface area contributed by atoms with Crippen molar-refractivity contribution in [1.29, 1.82) is 0 Å². The number of nitro benzene ring substituents is 1. The normalized spacial score (nSPS) is 10.3. The van der Waals surface area contributed by atoms with Crippen molar-refractivity contribution >= 4 is 25.4 Å². The van der Waals surface area contributed by atoms with E-state index in [1.807, 2.05) is 18.2 Å². The molecule has 0 aliphatic rings. The van der Waals surface area contributed by atoms with Gasteiger partial charge in [-0.25, -0.2) is 0 Å². The van der Waals surface area contributed by atoms with Gasteiger partial charge < -0.3 is 5.32 Å². The summed E-state index contributed by atoms with van der Waals surface area (Å²) < 4.78 is 0. The van der Waals surface area contributed by atoms with Gasteiger partial charge in [-0.3, -0.25) is 14.9 Å². The number of benzene rings is 2. The lowest BCUT2D eigenvalue weighted by molar-refractivity contribution is -0.385. The zero-order valence-electron chi connectivity index (χ0n) is 15.5. The summed E-state index contributed by atoms with van der Waals surface area (Å²) in [6, 6.07) is 11.9. The van der Waals surface area contributed by atoms with Crippen LogP contribution < -0.4 is 5.32 Å². The van der Waals surface area contributed by atoms with Crippen molar-refractivity contribution < 1.29 is 9.72 Å². The van der Waals surface area contributed by atoms with E-state index in [-0.39, 0.29) is 23.6 Å². The Balaban J connectivity index is 2.40. The first-order valence-corrected chi connectivity index (χ1v) is 11.9. The van der Waals surface area contributed by atoms with Crippen LogP contribution in [-0.2, 0) is 11.2 Å². The van der Waals surface area contributed by atoms with Crippen molar-refractivity contribution in [2.24, 2.45) is 0 Å². The van der Waals surface area contributed by atoms with Gasteiger partial charge in [-0.2, -0.15) is 0 Å². The number of nitrogens with one attached hydrogen (secondary N) is 1. The number of anilines is 1. The maximum atomic E-state index is 12.4. The van der Waals surface area contributed by atoms with Crippen LogP contribution in [0.5, 0.6) is 0 Å². The molecule has 0 fully saturated rings. The van der Waals surface area contributed by atoms with E-state index < -0.39 is 13.0 Å². The zero-order valence-corrected chi connectivity index (χ0v) is 16.5. The summed E-state index contributed by atoms with van der Waals surface area (Å²) in [6.45, 7) is 6.15. The summed E-state index contributed by atoms with van der Waals surface area (Å²) in [4.78, 5) is 23.2. The molecule has 0 radical (unpaired) electrons. The van der Waals surface area contributed by atoms with Crippen molar-refractivity contribution in [3.05, 3.63) is 69.3 Å². The molecule has 0 bridgehead atoms.